The maximum atomic E-state index is 12.5. The highest BCUT2D eigenvalue weighted by molar-refractivity contribution is 5.78. The van der Waals surface area contributed by atoms with E-state index in [-0.39, 0.29) is 24.0 Å². The minimum atomic E-state index is -0.707. The van der Waals surface area contributed by atoms with Crippen molar-refractivity contribution in [3.8, 4) is 0 Å². The van der Waals surface area contributed by atoms with Gasteiger partial charge in [-0.15, -0.1) is 0 Å². The zero-order valence-corrected chi connectivity index (χ0v) is 16.6. The van der Waals surface area contributed by atoms with Gasteiger partial charge in [0, 0.05) is 0 Å². The Labute approximate surface area is 152 Å². The molecule has 0 aromatic carbocycles. The molecule has 0 aromatic rings. The number of hydrogen-bond acceptors (Lipinski definition) is 5. The molecule has 0 amide bonds. The van der Waals surface area contributed by atoms with Crippen LogP contribution in [0.25, 0.3) is 0 Å². The van der Waals surface area contributed by atoms with E-state index in [4.69, 9.17) is 14.2 Å². The SMILES string of the molecule is CCCCC(CC)COC(=O)C(CC)CC(C)(C)C(=O)OCC1CO1. The van der Waals surface area contributed by atoms with Crippen LogP contribution in [0.1, 0.15) is 73.1 Å². The zero-order chi connectivity index (χ0) is 18.9. The van der Waals surface area contributed by atoms with E-state index in [1.807, 2.05) is 20.8 Å². The average molecular weight is 357 g/mol. The van der Waals surface area contributed by atoms with E-state index < -0.39 is 5.41 Å². The van der Waals surface area contributed by atoms with Crippen molar-refractivity contribution in [1.29, 1.82) is 0 Å². The molecule has 3 unspecified atom stereocenters. The van der Waals surface area contributed by atoms with E-state index >= 15 is 0 Å². The van der Waals surface area contributed by atoms with Gasteiger partial charge in [-0.05, 0) is 39.0 Å². The smallest absolute Gasteiger partial charge is 0.311 e. The Balaban J connectivity index is 2.45. The topological polar surface area (TPSA) is 65.1 Å². The van der Waals surface area contributed by atoms with Crippen LogP contribution in [0, 0.1) is 17.3 Å². The van der Waals surface area contributed by atoms with Crippen LogP contribution in [0.15, 0.2) is 0 Å². The standard InChI is InChI=1S/C20H36O5/c1-6-9-10-15(7-2)12-24-18(21)16(8-3)11-20(4,5)19(22)25-14-17-13-23-17/h15-17H,6-14H2,1-5H3. The van der Waals surface area contributed by atoms with Gasteiger partial charge in [-0.2, -0.15) is 0 Å². The summed E-state index contributed by atoms with van der Waals surface area (Å²) in [6.07, 6.45) is 5.59. The lowest BCUT2D eigenvalue weighted by molar-refractivity contribution is -0.158. The molecule has 1 fully saturated rings. The van der Waals surface area contributed by atoms with E-state index in [0.717, 1.165) is 25.7 Å². The van der Waals surface area contributed by atoms with E-state index in [1.54, 1.807) is 0 Å². The third kappa shape index (κ3) is 8.21. The van der Waals surface area contributed by atoms with Crippen molar-refractivity contribution in [2.75, 3.05) is 19.8 Å². The molecule has 3 atom stereocenters. The molecule has 0 aromatic heterocycles. The normalized spacial score (nSPS) is 19.2. The Hall–Kier alpha value is -1.10. The highest BCUT2D eigenvalue weighted by Crippen LogP contribution is 2.30. The number of epoxide rings is 1. The molecule has 5 heteroatoms. The lowest BCUT2D eigenvalue weighted by atomic mass is 9.81. The fourth-order valence-corrected chi connectivity index (χ4v) is 2.84. The summed E-state index contributed by atoms with van der Waals surface area (Å²) >= 11 is 0. The van der Waals surface area contributed by atoms with Crippen LogP contribution in [0.5, 0.6) is 0 Å². The summed E-state index contributed by atoms with van der Waals surface area (Å²) < 4.78 is 15.9. The Bertz CT molecular complexity index is 414. The fraction of sp³-hybridized carbons (Fsp3) is 0.900. The van der Waals surface area contributed by atoms with Crippen LogP contribution in [0.3, 0.4) is 0 Å². The van der Waals surface area contributed by atoms with Crippen molar-refractivity contribution in [2.24, 2.45) is 17.3 Å². The van der Waals surface area contributed by atoms with Crippen LogP contribution in [-0.2, 0) is 23.8 Å². The Morgan fingerprint density at radius 1 is 1.16 bits per heavy atom. The molecule has 146 valence electrons. The molecule has 5 nitrogen and oxygen atoms in total. The second-order valence-corrected chi connectivity index (χ2v) is 7.79. The molecule has 1 aliphatic heterocycles. The third-order valence-electron chi connectivity index (χ3n) is 4.94. The molecule has 0 N–H and O–H groups in total. The minimum absolute atomic E-state index is 0.0563. The lowest BCUT2D eigenvalue weighted by Gasteiger charge is -2.26. The molecular formula is C20H36O5. The number of carbonyl (C=O) groups excluding carboxylic acids is 2. The Kier molecular flexibility index (Phi) is 9.47. The summed E-state index contributed by atoms with van der Waals surface area (Å²) in [5.74, 6) is -0.311. The summed E-state index contributed by atoms with van der Waals surface area (Å²) in [6, 6.07) is 0. The molecule has 1 saturated heterocycles. The van der Waals surface area contributed by atoms with E-state index in [0.29, 0.717) is 38.6 Å². The molecule has 25 heavy (non-hydrogen) atoms. The molecule has 0 spiro atoms. The summed E-state index contributed by atoms with van der Waals surface area (Å²) in [4.78, 5) is 24.7. The third-order valence-corrected chi connectivity index (χ3v) is 4.94. The number of unbranched alkanes of at least 4 members (excludes halogenated alkanes) is 1. The van der Waals surface area contributed by atoms with Gasteiger partial charge in [-0.1, -0.05) is 40.0 Å². The largest absolute Gasteiger partial charge is 0.465 e. The van der Waals surface area contributed by atoms with Crippen molar-refractivity contribution >= 4 is 11.9 Å². The zero-order valence-electron chi connectivity index (χ0n) is 16.6. The van der Waals surface area contributed by atoms with Gasteiger partial charge < -0.3 is 14.2 Å². The summed E-state index contributed by atoms with van der Waals surface area (Å²) in [6.45, 7) is 11.4. The second kappa shape index (κ2) is 10.8. The fourth-order valence-electron chi connectivity index (χ4n) is 2.84. The number of hydrogen-bond donors (Lipinski definition) is 0. The maximum Gasteiger partial charge on any atom is 0.311 e. The van der Waals surface area contributed by atoms with Crippen molar-refractivity contribution in [3.63, 3.8) is 0 Å². The van der Waals surface area contributed by atoms with Gasteiger partial charge in [0.15, 0.2) is 0 Å². The molecule has 1 rings (SSSR count). The quantitative estimate of drug-likeness (QED) is 0.367. The Morgan fingerprint density at radius 2 is 1.84 bits per heavy atom. The predicted molar refractivity (Wildman–Crippen MR) is 97.1 cm³/mol. The number of esters is 2. The highest BCUT2D eigenvalue weighted by Gasteiger charge is 2.36. The van der Waals surface area contributed by atoms with Crippen LogP contribution in [0.4, 0.5) is 0 Å². The van der Waals surface area contributed by atoms with Crippen molar-refractivity contribution in [1.82, 2.24) is 0 Å². The monoisotopic (exact) mass is 356 g/mol. The first-order valence-corrected chi connectivity index (χ1v) is 9.79. The number of rotatable bonds is 13. The van der Waals surface area contributed by atoms with Crippen LogP contribution in [0.2, 0.25) is 0 Å². The molecule has 0 bridgehead atoms. The first-order chi connectivity index (χ1) is 11.8. The molecule has 0 saturated carbocycles. The number of ether oxygens (including phenoxy) is 3. The minimum Gasteiger partial charge on any atom is -0.465 e. The molecular weight excluding hydrogens is 320 g/mol. The van der Waals surface area contributed by atoms with Crippen molar-refractivity contribution in [3.05, 3.63) is 0 Å². The van der Waals surface area contributed by atoms with Gasteiger partial charge in [-0.3, -0.25) is 9.59 Å². The van der Waals surface area contributed by atoms with Gasteiger partial charge in [0.2, 0.25) is 0 Å². The van der Waals surface area contributed by atoms with Gasteiger partial charge in [0.25, 0.3) is 0 Å². The van der Waals surface area contributed by atoms with Gasteiger partial charge in [0.05, 0.1) is 24.5 Å². The van der Waals surface area contributed by atoms with Crippen LogP contribution in [-0.4, -0.2) is 37.9 Å². The van der Waals surface area contributed by atoms with Crippen molar-refractivity contribution < 1.29 is 23.8 Å². The second-order valence-electron chi connectivity index (χ2n) is 7.79. The van der Waals surface area contributed by atoms with E-state index in [2.05, 4.69) is 13.8 Å². The van der Waals surface area contributed by atoms with Gasteiger partial charge in [-0.25, -0.2) is 0 Å². The van der Waals surface area contributed by atoms with Gasteiger partial charge in [0.1, 0.15) is 12.7 Å². The lowest BCUT2D eigenvalue weighted by Crippen LogP contribution is -2.33. The summed E-state index contributed by atoms with van der Waals surface area (Å²) in [5.41, 5.74) is -0.707. The summed E-state index contributed by atoms with van der Waals surface area (Å²) in [7, 11) is 0. The first kappa shape index (κ1) is 21.9. The van der Waals surface area contributed by atoms with E-state index in [9.17, 15) is 9.59 Å². The predicted octanol–water partition coefficient (Wildman–Crippen LogP) is 4.13. The maximum absolute atomic E-state index is 12.5. The van der Waals surface area contributed by atoms with Crippen LogP contribution < -0.4 is 0 Å². The molecule has 1 heterocycles. The van der Waals surface area contributed by atoms with Gasteiger partial charge >= 0.3 is 11.9 Å². The molecule has 1 aliphatic rings. The summed E-state index contributed by atoms with van der Waals surface area (Å²) in [5, 5.41) is 0. The van der Waals surface area contributed by atoms with E-state index in [1.165, 1.54) is 0 Å². The average Bonchev–Trinajstić information content (AvgIpc) is 3.41. The van der Waals surface area contributed by atoms with Crippen molar-refractivity contribution in [2.45, 2.75) is 79.2 Å². The molecule has 0 aliphatic carbocycles. The number of carbonyl (C=O) groups is 2. The highest BCUT2D eigenvalue weighted by atomic mass is 16.6. The first-order valence-electron chi connectivity index (χ1n) is 9.79. The Morgan fingerprint density at radius 3 is 2.36 bits per heavy atom. The molecule has 0 radical (unpaired) electrons. The van der Waals surface area contributed by atoms with Crippen LogP contribution >= 0.6 is 0 Å².